The first kappa shape index (κ1) is 12.4. The van der Waals surface area contributed by atoms with E-state index in [-0.39, 0.29) is 6.10 Å². The Morgan fingerprint density at radius 3 is 2.53 bits per heavy atom. The van der Waals surface area contributed by atoms with Crippen molar-refractivity contribution in [3.05, 3.63) is 22.8 Å². The number of ether oxygens (including phenoxy) is 1. The summed E-state index contributed by atoms with van der Waals surface area (Å²) in [4.78, 5) is 11.3. The fraction of sp³-hybridized carbons (Fsp3) is 0.667. The zero-order valence-corrected chi connectivity index (χ0v) is 10.7. The van der Waals surface area contributed by atoms with Gasteiger partial charge in [-0.05, 0) is 20.9 Å². The van der Waals surface area contributed by atoms with Crippen LogP contribution in [0.3, 0.4) is 0 Å². The second kappa shape index (κ2) is 5.08. The summed E-state index contributed by atoms with van der Waals surface area (Å²) in [5.74, 6) is 0.781. The van der Waals surface area contributed by atoms with Gasteiger partial charge < -0.3 is 15.4 Å². The number of likely N-dealkylation sites (N-methyl/N-ethyl adjacent to an activating group) is 1. The fourth-order valence-corrected chi connectivity index (χ4v) is 2.14. The van der Waals surface area contributed by atoms with Crippen molar-refractivity contribution in [2.45, 2.75) is 26.5 Å². The molecule has 2 N–H and O–H groups in total. The molecular formula is C12H20N4O. The largest absolute Gasteiger partial charge is 0.368 e. The molecule has 0 radical (unpaired) electrons. The first-order valence-electron chi connectivity index (χ1n) is 5.96. The molecule has 17 heavy (non-hydrogen) atoms. The van der Waals surface area contributed by atoms with Crippen LogP contribution >= 0.6 is 0 Å². The summed E-state index contributed by atoms with van der Waals surface area (Å²) in [6.07, 6.45) is -0.0158. The Balaban J connectivity index is 2.27. The maximum atomic E-state index is 5.72. The van der Waals surface area contributed by atoms with Gasteiger partial charge in [-0.1, -0.05) is 0 Å². The lowest BCUT2D eigenvalue weighted by atomic mass is 10.1. The molecule has 1 atom stereocenters. The quantitative estimate of drug-likeness (QED) is 0.812. The van der Waals surface area contributed by atoms with Gasteiger partial charge in [0.25, 0.3) is 0 Å². The normalized spacial score (nSPS) is 21.8. The zero-order valence-electron chi connectivity index (χ0n) is 10.7. The van der Waals surface area contributed by atoms with E-state index in [9.17, 15) is 0 Å². The maximum absolute atomic E-state index is 5.72. The van der Waals surface area contributed by atoms with Gasteiger partial charge in [0, 0.05) is 36.6 Å². The third-order valence-electron chi connectivity index (χ3n) is 3.20. The molecule has 1 fully saturated rings. The van der Waals surface area contributed by atoms with Crippen molar-refractivity contribution in [1.29, 1.82) is 0 Å². The molecule has 0 saturated carbocycles. The Bertz CT molecular complexity index is 384. The predicted octanol–water partition coefficient (Wildman–Crippen LogP) is 0.555. The number of hydrogen-bond donors (Lipinski definition) is 1. The first-order valence-corrected chi connectivity index (χ1v) is 5.96. The van der Waals surface area contributed by atoms with E-state index >= 15 is 0 Å². The second-order valence-electron chi connectivity index (χ2n) is 4.56. The zero-order chi connectivity index (χ0) is 12.4. The van der Waals surface area contributed by atoms with E-state index in [0.717, 1.165) is 42.5 Å². The molecule has 1 unspecified atom stereocenters. The molecule has 0 bridgehead atoms. The van der Waals surface area contributed by atoms with Gasteiger partial charge in [-0.3, -0.25) is 0 Å². The summed E-state index contributed by atoms with van der Waals surface area (Å²) < 4.78 is 5.72. The van der Waals surface area contributed by atoms with Crippen molar-refractivity contribution in [3.63, 3.8) is 0 Å². The van der Waals surface area contributed by atoms with Crippen LogP contribution in [-0.4, -0.2) is 41.6 Å². The molecule has 5 nitrogen and oxygen atoms in total. The topological polar surface area (TPSA) is 64.3 Å². The van der Waals surface area contributed by atoms with Gasteiger partial charge in [0.15, 0.2) is 5.82 Å². The third kappa shape index (κ3) is 2.62. The van der Waals surface area contributed by atoms with Gasteiger partial charge in [-0.25, -0.2) is 9.97 Å². The number of hydrogen-bond acceptors (Lipinski definition) is 5. The number of morpholine rings is 1. The average molecular weight is 236 g/mol. The van der Waals surface area contributed by atoms with Gasteiger partial charge in [0.1, 0.15) is 6.10 Å². The van der Waals surface area contributed by atoms with Crippen LogP contribution in [0.4, 0.5) is 0 Å². The SMILES string of the molecule is Cc1nc(C2CN(C)CCO2)nc(C)c1CN. The highest BCUT2D eigenvalue weighted by Gasteiger charge is 2.23. The molecule has 2 rings (SSSR count). The minimum Gasteiger partial charge on any atom is -0.368 e. The number of nitrogens with zero attached hydrogens (tertiary/aromatic N) is 3. The molecule has 5 heteroatoms. The standard InChI is InChI=1S/C12H20N4O/c1-8-10(6-13)9(2)15-12(14-8)11-7-16(3)4-5-17-11/h11H,4-7,13H2,1-3H3. The molecule has 1 aromatic heterocycles. The van der Waals surface area contributed by atoms with Crippen LogP contribution in [-0.2, 0) is 11.3 Å². The highest BCUT2D eigenvalue weighted by atomic mass is 16.5. The Morgan fingerprint density at radius 2 is 2.00 bits per heavy atom. The lowest BCUT2D eigenvalue weighted by Gasteiger charge is -2.29. The maximum Gasteiger partial charge on any atom is 0.158 e. The molecule has 1 aliphatic rings. The Kier molecular flexibility index (Phi) is 3.71. The first-order chi connectivity index (χ1) is 8.11. The van der Waals surface area contributed by atoms with Crippen molar-refractivity contribution >= 4 is 0 Å². The van der Waals surface area contributed by atoms with Gasteiger partial charge in [0.05, 0.1) is 6.61 Å². The van der Waals surface area contributed by atoms with E-state index in [0.29, 0.717) is 6.54 Å². The second-order valence-corrected chi connectivity index (χ2v) is 4.56. The Hall–Kier alpha value is -1.04. The monoisotopic (exact) mass is 236 g/mol. The molecule has 0 spiro atoms. The minimum atomic E-state index is -0.0158. The molecule has 1 aliphatic heterocycles. The van der Waals surface area contributed by atoms with E-state index in [2.05, 4.69) is 21.9 Å². The van der Waals surface area contributed by atoms with Gasteiger partial charge in [0.2, 0.25) is 0 Å². The molecule has 0 aromatic carbocycles. The van der Waals surface area contributed by atoms with Crippen LogP contribution < -0.4 is 5.73 Å². The van der Waals surface area contributed by atoms with Crippen LogP contribution in [0.5, 0.6) is 0 Å². The minimum absolute atomic E-state index is 0.0158. The lowest BCUT2D eigenvalue weighted by Crippen LogP contribution is -2.36. The summed E-state index contributed by atoms with van der Waals surface area (Å²) in [7, 11) is 2.09. The number of rotatable bonds is 2. The number of nitrogens with two attached hydrogens (primary N) is 1. The van der Waals surface area contributed by atoms with Crippen LogP contribution in [0, 0.1) is 13.8 Å². The molecular weight excluding hydrogens is 216 g/mol. The Labute approximate surface area is 102 Å². The van der Waals surface area contributed by atoms with Gasteiger partial charge >= 0.3 is 0 Å². The van der Waals surface area contributed by atoms with Crippen LogP contribution in [0.15, 0.2) is 0 Å². The van der Waals surface area contributed by atoms with E-state index in [1.54, 1.807) is 0 Å². The van der Waals surface area contributed by atoms with E-state index in [1.165, 1.54) is 0 Å². The van der Waals surface area contributed by atoms with Crippen LogP contribution in [0.25, 0.3) is 0 Å². The summed E-state index contributed by atoms with van der Waals surface area (Å²) in [6.45, 7) is 7.00. The third-order valence-corrected chi connectivity index (χ3v) is 3.20. The van der Waals surface area contributed by atoms with Crippen molar-refractivity contribution in [1.82, 2.24) is 14.9 Å². The molecule has 0 amide bonds. The molecule has 94 valence electrons. The lowest BCUT2D eigenvalue weighted by molar-refractivity contribution is -0.0256. The van der Waals surface area contributed by atoms with E-state index < -0.39 is 0 Å². The average Bonchev–Trinajstić information content (AvgIpc) is 2.28. The highest BCUT2D eigenvalue weighted by Crippen LogP contribution is 2.20. The number of aromatic nitrogens is 2. The smallest absolute Gasteiger partial charge is 0.158 e. The van der Waals surface area contributed by atoms with E-state index in [1.807, 2.05) is 13.8 Å². The van der Waals surface area contributed by atoms with E-state index in [4.69, 9.17) is 10.5 Å². The molecule has 2 heterocycles. The van der Waals surface area contributed by atoms with Gasteiger partial charge in [-0.2, -0.15) is 0 Å². The summed E-state index contributed by atoms with van der Waals surface area (Å²) in [5.41, 5.74) is 8.65. The number of aryl methyl sites for hydroxylation is 2. The van der Waals surface area contributed by atoms with Crippen molar-refractivity contribution in [2.24, 2.45) is 5.73 Å². The van der Waals surface area contributed by atoms with Crippen molar-refractivity contribution in [2.75, 3.05) is 26.7 Å². The Morgan fingerprint density at radius 1 is 1.35 bits per heavy atom. The molecule has 0 aliphatic carbocycles. The van der Waals surface area contributed by atoms with Crippen LogP contribution in [0.2, 0.25) is 0 Å². The van der Waals surface area contributed by atoms with Crippen LogP contribution in [0.1, 0.15) is 28.9 Å². The predicted molar refractivity (Wildman–Crippen MR) is 65.6 cm³/mol. The summed E-state index contributed by atoms with van der Waals surface area (Å²) >= 11 is 0. The summed E-state index contributed by atoms with van der Waals surface area (Å²) in [5, 5.41) is 0. The van der Waals surface area contributed by atoms with Gasteiger partial charge in [-0.15, -0.1) is 0 Å². The molecule has 1 aromatic rings. The molecule has 1 saturated heterocycles. The summed E-state index contributed by atoms with van der Waals surface area (Å²) in [6, 6.07) is 0. The van der Waals surface area contributed by atoms with Crippen molar-refractivity contribution < 1.29 is 4.74 Å². The van der Waals surface area contributed by atoms with Crippen molar-refractivity contribution in [3.8, 4) is 0 Å². The highest BCUT2D eigenvalue weighted by molar-refractivity contribution is 5.24. The fourth-order valence-electron chi connectivity index (χ4n) is 2.14.